The van der Waals surface area contributed by atoms with Gasteiger partial charge in [-0.1, -0.05) is 6.07 Å². The highest BCUT2D eigenvalue weighted by molar-refractivity contribution is 5.99. The maximum absolute atomic E-state index is 13.5. The first-order valence-electron chi connectivity index (χ1n) is 14.3. The van der Waals surface area contributed by atoms with Crippen molar-refractivity contribution in [1.82, 2.24) is 9.80 Å². The van der Waals surface area contributed by atoms with Gasteiger partial charge in [-0.05, 0) is 95.2 Å². The van der Waals surface area contributed by atoms with Crippen LogP contribution in [0, 0.1) is 19.8 Å². The third kappa shape index (κ3) is 7.31. The van der Waals surface area contributed by atoms with E-state index >= 15 is 0 Å². The Bertz CT molecular complexity index is 1290. The van der Waals surface area contributed by atoms with Crippen molar-refractivity contribution in [1.29, 1.82) is 0 Å². The molecular weight excluding hydrogens is 522 g/mol. The third-order valence-corrected chi connectivity index (χ3v) is 7.85. The lowest BCUT2D eigenvalue weighted by molar-refractivity contribution is -0.121. The molecule has 0 radical (unpaired) electrons. The monoisotopic (exact) mass is 565 g/mol. The van der Waals surface area contributed by atoms with Gasteiger partial charge in [0, 0.05) is 42.9 Å². The number of anilines is 1. The lowest BCUT2D eigenvalue weighted by atomic mass is 9.84. The molecule has 222 valence electrons. The number of fused-ring (bicyclic) bond motifs is 1. The Labute approximate surface area is 243 Å². The van der Waals surface area contributed by atoms with Crippen LogP contribution in [0.1, 0.15) is 73.5 Å². The summed E-state index contributed by atoms with van der Waals surface area (Å²) < 4.78 is 16.7. The highest BCUT2D eigenvalue weighted by Crippen LogP contribution is 2.36. The zero-order chi connectivity index (χ0) is 29.9. The Balaban J connectivity index is 1.30. The summed E-state index contributed by atoms with van der Waals surface area (Å²) in [7, 11) is 3.29. The summed E-state index contributed by atoms with van der Waals surface area (Å²) in [5.74, 6) is 1.30. The lowest BCUT2D eigenvalue weighted by Crippen LogP contribution is -2.40. The summed E-state index contributed by atoms with van der Waals surface area (Å²) in [5.41, 5.74) is 3.90. The molecule has 9 heteroatoms. The van der Waals surface area contributed by atoms with Crippen LogP contribution in [0.5, 0.6) is 11.5 Å². The zero-order valence-electron chi connectivity index (χ0n) is 25.3. The molecule has 9 nitrogen and oxygen atoms in total. The van der Waals surface area contributed by atoms with E-state index in [1.165, 1.54) is 4.90 Å². The van der Waals surface area contributed by atoms with Crippen LogP contribution in [0.25, 0.3) is 0 Å². The number of amides is 3. The quantitative estimate of drug-likeness (QED) is 0.440. The predicted molar refractivity (Wildman–Crippen MR) is 158 cm³/mol. The number of rotatable bonds is 8. The van der Waals surface area contributed by atoms with Gasteiger partial charge in [0.05, 0.1) is 13.7 Å². The summed E-state index contributed by atoms with van der Waals surface area (Å²) in [4.78, 5) is 42.0. The number of likely N-dealkylation sites (N-methyl/N-ethyl adjacent to an activating group) is 1. The van der Waals surface area contributed by atoms with Crippen molar-refractivity contribution < 1.29 is 28.6 Å². The average molecular weight is 566 g/mol. The van der Waals surface area contributed by atoms with Crippen LogP contribution < -0.4 is 14.8 Å². The molecule has 1 saturated carbocycles. The number of benzene rings is 2. The third-order valence-electron chi connectivity index (χ3n) is 7.85. The standard InChI is InChI=1S/C32H43N3O6/c1-20-8-11-23(17-28(20)39-7)33-29(36)22-9-12-24(13-10-22)35-19-27-21(2)16-25(18-26(27)30(35)37)40-15-14-34(6)31(38)41-32(3,4)5/h8,11,16-18,22,24H,9-10,12-15,19H2,1-7H3,(H,33,36). The van der Waals surface area contributed by atoms with Crippen LogP contribution in [0.4, 0.5) is 10.5 Å². The number of hydrogen-bond acceptors (Lipinski definition) is 6. The van der Waals surface area contributed by atoms with Gasteiger partial charge >= 0.3 is 6.09 Å². The molecule has 0 unspecified atom stereocenters. The summed E-state index contributed by atoms with van der Waals surface area (Å²) in [6.07, 6.45) is 2.64. The molecule has 4 rings (SSSR count). The fourth-order valence-corrected chi connectivity index (χ4v) is 5.48. The van der Waals surface area contributed by atoms with E-state index in [9.17, 15) is 14.4 Å². The zero-order valence-corrected chi connectivity index (χ0v) is 25.3. The number of ether oxygens (including phenoxy) is 3. The molecule has 2 aliphatic rings. The van der Waals surface area contributed by atoms with E-state index in [2.05, 4.69) is 5.32 Å². The minimum absolute atomic E-state index is 0.0130. The van der Waals surface area contributed by atoms with Crippen molar-refractivity contribution in [2.75, 3.05) is 32.6 Å². The maximum Gasteiger partial charge on any atom is 0.410 e. The smallest absolute Gasteiger partial charge is 0.410 e. The van der Waals surface area contributed by atoms with Crippen LogP contribution in [-0.4, -0.2) is 66.7 Å². The molecule has 2 aromatic rings. The van der Waals surface area contributed by atoms with Gasteiger partial charge in [0.2, 0.25) is 5.91 Å². The molecule has 0 aromatic heterocycles. The largest absolute Gasteiger partial charge is 0.496 e. The van der Waals surface area contributed by atoms with Crippen molar-refractivity contribution in [3.63, 3.8) is 0 Å². The number of nitrogens with one attached hydrogen (secondary N) is 1. The highest BCUT2D eigenvalue weighted by atomic mass is 16.6. The van der Waals surface area contributed by atoms with Gasteiger partial charge in [0.15, 0.2) is 0 Å². The number of methoxy groups -OCH3 is 1. The second-order valence-electron chi connectivity index (χ2n) is 12.1. The molecule has 1 heterocycles. The second kappa shape index (κ2) is 12.4. The van der Waals surface area contributed by atoms with Gasteiger partial charge in [-0.25, -0.2) is 4.79 Å². The number of aryl methyl sites for hydroxylation is 2. The minimum atomic E-state index is -0.558. The van der Waals surface area contributed by atoms with E-state index in [1.54, 1.807) is 14.2 Å². The summed E-state index contributed by atoms with van der Waals surface area (Å²) in [6, 6.07) is 9.53. The molecule has 2 aromatic carbocycles. The fraction of sp³-hybridized carbons (Fsp3) is 0.531. The van der Waals surface area contributed by atoms with Gasteiger partial charge < -0.3 is 29.3 Å². The normalized spacial score (nSPS) is 18.5. The average Bonchev–Trinajstić information content (AvgIpc) is 3.25. The van der Waals surface area contributed by atoms with Crippen molar-refractivity contribution in [2.45, 2.75) is 78.5 Å². The summed E-state index contributed by atoms with van der Waals surface area (Å²) in [5, 5.41) is 3.03. The molecule has 41 heavy (non-hydrogen) atoms. The molecule has 1 N–H and O–H groups in total. The topological polar surface area (TPSA) is 97.4 Å². The Morgan fingerprint density at radius 3 is 2.41 bits per heavy atom. The predicted octanol–water partition coefficient (Wildman–Crippen LogP) is 5.71. The lowest BCUT2D eigenvalue weighted by Gasteiger charge is -2.34. The summed E-state index contributed by atoms with van der Waals surface area (Å²) in [6.45, 7) is 10.7. The van der Waals surface area contributed by atoms with Crippen LogP contribution in [0.15, 0.2) is 30.3 Å². The molecular formula is C32H43N3O6. The van der Waals surface area contributed by atoms with E-state index in [0.717, 1.165) is 53.8 Å². The van der Waals surface area contributed by atoms with E-state index < -0.39 is 11.7 Å². The van der Waals surface area contributed by atoms with Crippen molar-refractivity contribution in [3.05, 3.63) is 52.6 Å². The molecule has 0 atom stereocenters. The van der Waals surface area contributed by atoms with Gasteiger partial charge in [-0.2, -0.15) is 0 Å². The summed E-state index contributed by atoms with van der Waals surface area (Å²) >= 11 is 0. The maximum atomic E-state index is 13.5. The Morgan fingerprint density at radius 1 is 1.05 bits per heavy atom. The number of hydrogen-bond donors (Lipinski definition) is 1. The van der Waals surface area contributed by atoms with Gasteiger partial charge in [-0.15, -0.1) is 0 Å². The Kier molecular flexibility index (Phi) is 9.14. The molecule has 0 saturated heterocycles. The van der Waals surface area contributed by atoms with Gasteiger partial charge in [0.25, 0.3) is 5.91 Å². The molecule has 1 fully saturated rings. The van der Waals surface area contributed by atoms with Crippen molar-refractivity contribution >= 4 is 23.6 Å². The van der Waals surface area contributed by atoms with E-state index in [0.29, 0.717) is 24.4 Å². The van der Waals surface area contributed by atoms with E-state index in [-0.39, 0.29) is 30.4 Å². The molecule has 1 aliphatic carbocycles. The highest BCUT2D eigenvalue weighted by Gasteiger charge is 2.37. The van der Waals surface area contributed by atoms with Crippen LogP contribution >= 0.6 is 0 Å². The van der Waals surface area contributed by atoms with Crippen molar-refractivity contribution in [2.24, 2.45) is 5.92 Å². The Morgan fingerprint density at radius 2 is 1.76 bits per heavy atom. The number of nitrogens with zero attached hydrogens (tertiary/aromatic N) is 2. The SMILES string of the molecule is COc1cc(NC(=O)C2CCC(N3Cc4c(C)cc(OCCN(C)C(=O)OC(C)(C)C)cc4C3=O)CC2)ccc1C. The molecule has 3 amide bonds. The fourth-order valence-electron chi connectivity index (χ4n) is 5.48. The van der Waals surface area contributed by atoms with Crippen LogP contribution in [0.2, 0.25) is 0 Å². The first-order chi connectivity index (χ1) is 19.4. The minimum Gasteiger partial charge on any atom is -0.496 e. The molecule has 1 aliphatic heterocycles. The van der Waals surface area contributed by atoms with Gasteiger partial charge in [-0.3, -0.25) is 9.59 Å². The van der Waals surface area contributed by atoms with Crippen LogP contribution in [0.3, 0.4) is 0 Å². The van der Waals surface area contributed by atoms with Crippen molar-refractivity contribution in [3.8, 4) is 11.5 Å². The molecule has 0 bridgehead atoms. The van der Waals surface area contributed by atoms with E-state index in [4.69, 9.17) is 14.2 Å². The van der Waals surface area contributed by atoms with Crippen LogP contribution in [-0.2, 0) is 16.1 Å². The first-order valence-corrected chi connectivity index (χ1v) is 14.3. The van der Waals surface area contributed by atoms with Gasteiger partial charge in [0.1, 0.15) is 23.7 Å². The number of carbonyl (C=O) groups is 3. The Hall–Kier alpha value is -3.75. The van der Waals surface area contributed by atoms with E-state index in [1.807, 2.05) is 69.9 Å². The molecule has 0 spiro atoms. The number of carbonyl (C=O) groups excluding carboxylic acids is 3. The second-order valence-corrected chi connectivity index (χ2v) is 12.1. The first kappa shape index (κ1) is 30.2.